The SMILES string of the molecule is CSc1cc[n+](Cc2cc[n+]([O-])cc2)cc1.[Cl-]. The molecule has 3 nitrogen and oxygen atoms in total. The number of thioether (sulfide) groups is 1. The van der Waals surface area contributed by atoms with Gasteiger partial charge < -0.3 is 17.6 Å². The van der Waals surface area contributed by atoms with Crippen molar-refractivity contribution >= 4 is 11.8 Å². The molecule has 0 aliphatic rings. The molecule has 0 amide bonds. The zero-order valence-electron chi connectivity index (χ0n) is 9.41. The van der Waals surface area contributed by atoms with E-state index in [2.05, 4.69) is 23.0 Å². The molecule has 90 valence electrons. The predicted octanol–water partition coefficient (Wildman–Crippen LogP) is -1.62. The molecule has 2 aromatic rings. The Labute approximate surface area is 111 Å². The highest BCUT2D eigenvalue weighted by atomic mass is 35.5. The van der Waals surface area contributed by atoms with Crippen molar-refractivity contribution in [3.05, 3.63) is 59.8 Å². The molecule has 0 bridgehead atoms. The summed E-state index contributed by atoms with van der Waals surface area (Å²) in [5, 5.41) is 10.9. The van der Waals surface area contributed by atoms with E-state index in [0.29, 0.717) is 0 Å². The van der Waals surface area contributed by atoms with Crippen molar-refractivity contribution in [3.63, 3.8) is 0 Å². The summed E-state index contributed by atoms with van der Waals surface area (Å²) in [5.74, 6) is 0. The second-order valence-corrected chi connectivity index (χ2v) is 4.36. The van der Waals surface area contributed by atoms with Gasteiger partial charge in [0.1, 0.15) is 0 Å². The first-order valence-corrected chi connectivity index (χ1v) is 6.21. The molecule has 0 radical (unpaired) electrons. The van der Waals surface area contributed by atoms with Crippen molar-refractivity contribution in [2.75, 3.05) is 6.26 Å². The Morgan fingerprint density at radius 3 is 2.18 bits per heavy atom. The van der Waals surface area contributed by atoms with Crippen LogP contribution < -0.4 is 21.7 Å². The molecular weight excluding hydrogens is 256 g/mol. The van der Waals surface area contributed by atoms with Gasteiger partial charge in [-0.3, -0.25) is 0 Å². The minimum absolute atomic E-state index is 0. The molecule has 0 fully saturated rings. The van der Waals surface area contributed by atoms with Gasteiger partial charge in [0.05, 0.1) is 0 Å². The van der Waals surface area contributed by atoms with Gasteiger partial charge in [0, 0.05) is 34.7 Å². The Kier molecular flexibility index (Phi) is 5.25. The van der Waals surface area contributed by atoms with E-state index in [1.807, 2.05) is 24.5 Å². The Morgan fingerprint density at radius 2 is 1.65 bits per heavy atom. The van der Waals surface area contributed by atoms with E-state index in [9.17, 15) is 5.21 Å². The largest absolute Gasteiger partial charge is 1.00 e. The molecule has 17 heavy (non-hydrogen) atoms. The van der Waals surface area contributed by atoms with Gasteiger partial charge in [-0.05, 0) is 6.26 Å². The maximum Gasteiger partial charge on any atom is 0.180 e. The van der Waals surface area contributed by atoms with Gasteiger partial charge in [0.2, 0.25) is 0 Å². The Hall–Kier alpha value is -1.26. The van der Waals surface area contributed by atoms with E-state index in [1.165, 1.54) is 17.3 Å². The van der Waals surface area contributed by atoms with E-state index in [-0.39, 0.29) is 12.4 Å². The summed E-state index contributed by atoms with van der Waals surface area (Å²) in [7, 11) is 0. The highest BCUT2D eigenvalue weighted by Crippen LogP contribution is 2.10. The highest BCUT2D eigenvalue weighted by molar-refractivity contribution is 7.98. The van der Waals surface area contributed by atoms with Gasteiger partial charge in [-0.25, -0.2) is 4.57 Å². The third-order valence-corrected chi connectivity index (χ3v) is 3.08. The van der Waals surface area contributed by atoms with Crippen molar-refractivity contribution in [3.8, 4) is 0 Å². The minimum Gasteiger partial charge on any atom is -1.00 e. The van der Waals surface area contributed by atoms with E-state index in [4.69, 9.17) is 0 Å². The fourth-order valence-electron chi connectivity index (χ4n) is 1.45. The lowest BCUT2D eigenvalue weighted by atomic mass is 10.2. The summed E-state index contributed by atoms with van der Waals surface area (Å²) in [6.07, 6.45) is 9.19. The van der Waals surface area contributed by atoms with Crippen LogP contribution in [0.25, 0.3) is 0 Å². The van der Waals surface area contributed by atoms with E-state index >= 15 is 0 Å². The quantitative estimate of drug-likeness (QED) is 0.381. The zero-order valence-corrected chi connectivity index (χ0v) is 11.0. The molecule has 0 saturated carbocycles. The average Bonchev–Trinajstić information content (AvgIpc) is 2.33. The molecule has 0 spiro atoms. The number of pyridine rings is 2. The van der Waals surface area contributed by atoms with Gasteiger partial charge in [-0.1, -0.05) is 0 Å². The van der Waals surface area contributed by atoms with E-state index in [1.54, 1.807) is 11.8 Å². The lowest BCUT2D eigenvalue weighted by Gasteiger charge is -1.99. The summed E-state index contributed by atoms with van der Waals surface area (Å²) >= 11 is 1.73. The number of nitrogens with zero attached hydrogens (tertiary/aromatic N) is 2. The summed E-state index contributed by atoms with van der Waals surface area (Å²) in [5.41, 5.74) is 1.12. The van der Waals surface area contributed by atoms with Crippen molar-refractivity contribution in [1.82, 2.24) is 0 Å². The van der Waals surface area contributed by atoms with Crippen molar-refractivity contribution in [1.29, 1.82) is 0 Å². The molecule has 0 atom stereocenters. The molecule has 5 heteroatoms. The van der Waals surface area contributed by atoms with Crippen molar-refractivity contribution in [2.45, 2.75) is 11.4 Å². The average molecular weight is 269 g/mol. The van der Waals surface area contributed by atoms with Crippen LogP contribution in [0.1, 0.15) is 5.56 Å². The predicted molar refractivity (Wildman–Crippen MR) is 62.9 cm³/mol. The van der Waals surface area contributed by atoms with Crippen LogP contribution in [-0.4, -0.2) is 6.26 Å². The maximum atomic E-state index is 10.9. The fraction of sp³-hybridized carbons (Fsp3) is 0.167. The third kappa shape index (κ3) is 3.91. The van der Waals surface area contributed by atoms with Crippen LogP contribution in [-0.2, 0) is 6.54 Å². The van der Waals surface area contributed by atoms with Crippen LogP contribution in [0.3, 0.4) is 0 Å². The lowest BCUT2D eigenvalue weighted by Crippen LogP contribution is -3.00. The first kappa shape index (κ1) is 13.8. The van der Waals surface area contributed by atoms with Gasteiger partial charge in [-0.2, -0.15) is 4.73 Å². The summed E-state index contributed by atoms with van der Waals surface area (Å²) in [6, 6.07) is 7.84. The van der Waals surface area contributed by atoms with Gasteiger partial charge in [-0.15, -0.1) is 11.8 Å². The standard InChI is InChI=1S/C12H13N2OS.ClH/c1-16-12-4-6-13(7-5-12)10-11-2-8-14(15)9-3-11;/h2-9H,10H2,1H3;1H/q+1;/p-1. The first-order valence-electron chi connectivity index (χ1n) is 4.99. The monoisotopic (exact) mass is 268 g/mol. The molecule has 0 aliphatic carbocycles. The summed E-state index contributed by atoms with van der Waals surface area (Å²) in [6.45, 7) is 0.787. The Balaban J connectivity index is 0.00000144. The lowest BCUT2D eigenvalue weighted by molar-refractivity contribution is -0.689. The van der Waals surface area contributed by atoms with Crippen molar-refractivity contribution in [2.24, 2.45) is 0 Å². The number of hydrogen-bond donors (Lipinski definition) is 0. The van der Waals surface area contributed by atoms with Gasteiger partial charge >= 0.3 is 0 Å². The molecule has 0 saturated heterocycles. The first-order chi connectivity index (χ1) is 7.78. The molecule has 2 aromatic heterocycles. The van der Waals surface area contributed by atoms with Crippen molar-refractivity contribution < 1.29 is 21.7 Å². The smallest absolute Gasteiger partial charge is 0.180 e. The number of aromatic nitrogens is 2. The second kappa shape index (κ2) is 6.47. The molecule has 0 aromatic carbocycles. The molecule has 2 heterocycles. The highest BCUT2D eigenvalue weighted by Gasteiger charge is 2.03. The van der Waals surface area contributed by atoms with Crippen LogP contribution in [0.4, 0.5) is 0 Å². The Bertz CT molecular complexity index is 459. The number of halogens is 1. The number of hydrogen-bond acceptors (Lipinski definition) is 2. The maximum absolute atomic E-state index is 10.9. The fourth-order valence-corrected chi connectivity index (χ4v) is 1.84. The third-order valence-electron chi connectivity index (χ3n) is 2.33. The second-order valence-electron chi connectivity index (χ2n) is 3.48. The Morgan fingerprint density at radius 1 is 1.06 bits per heavy atom. The topological polar surface area (TPSA) is 30.8 Å². The van der Waals surface area contributed by atoms with E-state index in [0.717, 1.165) is 16.8 Å². The van der Waals surface area contributed by atoms with Crippen LogP contribution in [0.5, 0.6) is 0 Å². The summed E-state index contributed by atoms with van der Waals surface area (Å²) < 4.78 is 2.88. The van der Waals surface area contributed by atoms with Gasteiger partial charge in [0.15, 0.2) is 31.3 Å². The number of rotatable bonds is 3. The molecule has 0 unspecified atom stereocenters. The molecule has 2 rings (SSSR count). The van der Waals surface area contributed by atoms with Crippen LogP contribution in [0, 0.1) is 5.21 Å². The molecule has 0 aliphatic heterocycles. The van der Waals surface area contributed by atoms with Crippen LogP contribution in [0.15, 0.2) is 53.9 Å². The van der Waals surface area contributed by atoms with Crippen LogP contribution in [0.2, 0.25) is 0 Å². The van der Waals surface area contributed by atoms with E-state index < -0.39 is 0 Å². The van der Waals surface area contributed by atoms with Gasteiger partial charge in [0.25, 0.3) is 0 Å². The zero-order chi connectivity index (χ0) is 11.4. The van der Waals surface area contributed by atoms with Crippen LogP contribution >= 0.6 is 11.8 Å². The normalized spacial score (nSPS) is 9.71. The molecule has 0 N–H and O–H groups in total. The molecular formula is C12H13ClN2OS. The summed E-state index contributed by atoms with van der Waals surface area (Å²) in [4.78, 5) is 1.25. The minimum atomic E-state index is 0.